The Morgan fingerprint density at radius 2 is 2.36 bits per heavy atom. The maximum absolute atomic E-state index is 10.5. The average Bonchev–Trinajstić information content (AvgIpc) is 3.15. The van der Waals surface area contributed by atoms with Crippen LogP contribution >= 0.6 is 11.8 Å². The fourth-order valence-corrected chi connectivity index (χ4v) is 3.71. The van der Waals surface area contributed by atoms with Gasteiger partial charge in [0.15, 0.2) is 0 Å². The molecule has 0 spiro atoms. The summed E-state index contributed by atoms with van der Waals surface area (Å²) in [5.74, 6) is 0. The molecule has 0 aromatic carbocycles. The fourth-order valence-electron chi connectivity index (χ4n) is 3.19. The molecule has 1 saturated heterocycles. The predicted octanol–water partition coefficient (Wildman–Crippen LogP) is 0.991. The molecule has 1 aliphatic rings. The molecular weight excluding hydrogens is 346 g/mol. The van der Waals surface area contributed by atoms with Gasteiger partial charge in [-0.2, -0.15) is 10.4 Å². The molecule has 2 aromatic heterocycles. The summed E-state index contributed by atoms with van der Waals surface area (Å²) in [6.45, 7) is 0.891. The van der Waals surface area contributed by atoms with E-state index in [1.165, 1.54) is 29.5 Å². The Bertz CT molecular complexity index is 905. The van der Waals surface area contributed by atoms with E-state index in [1.54, 1.807) is 12.1 Å². The number of hydrogen-bond acceptors (Lipinski definition) is 8. The number of rotatable bonds is 4. The van der Waals surface area contributed by atoms with E-state index in [0.29, 0.717) is 10.5 Å². The van der Waals surface area contributed by atoms with Gasteiger partial charge >= 0.3 is 0 Å². The summed E-state index contributed by atoms with van der Waals surface area (Å²) >= 11 is 1.41. The van der Waals surface area contributed by atoms with Gasteiger partial charge in [0.2, 0.25) is 5.60 Å². The Morgan fingerprint density at radius 1 is 1.60 bits per heavy atom. The Morgan fingerprint density at radius 3 is 2.96 bits per heavy atom. The lowest BCUT2D eigenvalue weighted by Gasteiger charge is -2.33. The molecule has 0 saturated carbocycles. The molecule has 0 bridgehead atoms. The SMILES string of the molecule is CSc1ncnn2c([C@]3(C#N)O[C@H](CO)[C@@H](O)[C@@]3(C)N=[N+]=[N-])ccc12. The third-order valence-corrected chi connectivity index (χ3v) is 5.23. The van der Waals surface area contributed by atoms with Gasteiger partial charge in [0, 0.05) is 4.91 Å². The molecule has 1 fully saturated rings. The number of fused-ring (bicyclic) bond motifs is 1. The van der Waals surface area contributed by atoms with Crippen LogP contribution in [-0.2, 0) is 10.3 Å². The van der Waals surface area contributed by atoms with Crippen LogP contribution in [-0.4, -0.2) is 55.4 Å². The van der Waals surface area contributed by atoms with Crippen LogP contribution in [0, 0.1) is 11.3 Å². The average molecular weight is 361 g/mol. The van der Waals surface area contributed by atoms with E-state index in [1.807, 2.05) is 12.3 Å². The van der Waals surface area contributed by atoms with E-state index in [2.05, 4.69) is 20.1 Å². The van der Waals surface area contributed by atoms with Crippen molar-refractivity contribution in [1.29, 1.82) is 5.26 Å². The topological polar surface area (TPSA) is 152 Å². The van der Waals surface area contributed by atoms with Gasteiger partial charge in [-0.3, -0.25) is 0 Å². The first-order chi connectivity index (χ1) is 12.0. The number of nitriles is 1. The molecule has 4 atom stereocenters. The Labute approximate surface area is 146 Å². The van der Waals surface area contributed by atoms with Gasteiger partial charge in [0.25, 0.3) is 0 Å². The Kier molecular flexibility index (Phi) is 4.32. The number of aromatic nitrogens is 3. The summed E-state index contributed by atoms with van der Waals surface area (Å²) in [5.41, 5.74) is 6.41. The van der Waals surface area contributed by atoms with Crippen LogP contribution < -0.4 is 0 Å². The second-order valence-electron chi connectivity index (χ2n) is 5.70. The van der Waals surface area contributed by atoms with Gasteiger partial charge < -0.3 is 14.9 Å². The van der Waals surface area contributed by atoms with Crippen LogP contribution in [0.15, 0.2) is 28.6 Å². The van der Waals surface area contributed by atoms with Gasteiger partial charge in [-0.1, -0.05) is 5.11 Å². The van der Waals surface area contributed by atoms with Crippen molar-refractivity contribution in [3.05, 3.63) is 34.6 Å². The zero-order valence-electron chi connectivity index (χ0n) is 13.4. The van der Waals surface area contributed by atoms with Gasteiger partial charge in [-0.05, 0) is 30.8 Å². The normalized spacial score (nSPS) is 31.6. The number of azide groups is 1. The van der Waals surface area contributed by atoms with Crippen molar-refractivity contribution in [3.8, 4) is 6.07 Å². The van der Waals surface area contributed by atoms with Crippen molar-refractivity contribution in [2.45, 2.75) is 35.3 Å². The van der Waals surface area contributed by atoms with E-state index >= 15 is 0 Å². The minimum atomic E-state index is -1.83. The van der Waals surface area contributed by atoms with E-state index in [4.69, 9.17) is 10.3 Å². The van der Waals surface area contributed by atoms with Crippen molar-refractivity contribution >= 4 is 17.3 Å². The van der Waals surface area contributed by atoms with Crippen LogP contribution in [0.1, 0.15) is 12.6 Å². The molecule has 3 heterocycles. The van der Waals surface area contributed by atoms with E-state index in [9.17, 15) is 15.5 Å². The quantitative estimate of drug-likeness (QED) is 0.356. The summed E-state index contributed by atoms with van der Waals surface area (Å²) in [4.78, 5) is 6.95. The number of ether oxygens (including phenoxy) is 1. The molecule has 2 aromatic rings. The van der Waals surface area contributed by atoms with Crippen molar-refractivity contribution in [1.82, 2.24) is 14.6 Å². The van der Waals surface area contributed by atoms with Crippen LogP contribution in [0.3, 0.4) is 0 Å². The molecule has 2 N–H and O–H groups in total. The zero-order chi connectivity index (χ0) is 18.2. The highest BCUT2D eigenvalue weighted by Crippen LogP contribution is 2.49. The number of hydrogen-bond donors (Lipinski definition) is 2. The highest BCUT2D eigenvalue weighted by molar-refractivity contribution is 7.98. The molecule has 0 radical (unpaired) electrons. The van der Waals surface area contributed by atoms with Gasteiger partial charge in [0.1, 0.15) is 29.1 Å². The molecular formula is C14H15N7O3S. The van der Waals surface area contributed by atoms with Crippen molar-refractivity contribution in [2.75, 3.05) is 12.9 Å². The third kappa shape index (κ3) is 2.20. The lowest BCUT2D eigenvalue weighted by Crippen LogP contribution is -2.50. The monoisotopic (exact) mass is 361 g/mol. The smallest absolute Gasteiger partial charge is 0.210 e. The van der Waals surface area contributed by atoms with E-state index in [0.717, 1.165) is 0 Å². The number of thioether (sulfide) groups is 1. The molecule has 25 heavy (non-hydrogen) atoms. The first-order valence-electron chi connectivity index (χ1n) is 7.30. The molecule has 11 heteroatoms. The highest BCUT2D eigenvalue weighted by Gasteiger charge is 2.65. The van der Waals surface area contributed by atoms with Gasteiger partial charge in [-0.25, -0.2) is 9.50 Å². The number of nitrogens with zero attached hydrogens (tertiary/aromatic N) is 7. The first kappa shape index (κ1) is 17.5. The molecule has 0 amide bonds. The maximum atomic E-state index is 10.5. The summed E-state index contributed by atoms with van der Waals surface area (Å²) < 4.78 is 7.21. The summed E-state index contributed by atoms with van der Waals surface area (Å²) in [6.07, 6.45) is 0.743. The van der Waals surface area contributed by atoms with Gasteiger partial charge in [-0.15, -0.1) is 11.8 Å². The van der Waals surface area contributed by atoms with Crippen LogP contribution in [0.25, 0.3) is 16.0 Å². The standard InChI is InChI=1S/C14H15N7O3S/c1-13(19-20-16)11(23)9(5-22)24-14(13,6-15)10-4-3-8-12(25-2)17-7-18-21(8)10/h3-4,7,9,11,22-23H,5H2,1-2H3/t9-,11-,13-,14+/m1/s1. The third-order valence-electron chi connectivity index (χ3n) is 4.53. The molecule has 0 unspecified atom stereocenters. The van der Waals surface area contributed by atoms with E-state index < -0.39 is 30.0 Å². The van der Waals surface area contributed by atoms with Gasteiger partial charge in [0.05, 0.1) is 23.9 Å². The Balaban J connectivity index is 2.32. The second kappa shape index (κ2) is 6.18. The minimum absolute atomic E-state index is 0.285. The van der Waals surface area contributed by atoms with Crippen molar-refractivity contribution in [3.63, 3.8) is 0 Å². The lowest BCUT2D eigenvalue weighted by atomic mass is 9.78. The molecule has 1 aliphatic heterocycles. The summed E-state index contributed by atoms with van der Waals surface area (Å²) in [5, 5.41) is 38.5. The summed E-state index contributed by atoms with van der Waals surface area (Å²) in [6, 6.07) is 5.37. The number of aliphatic hydroxyl groups excluding tert-OH is 2. The zero-order valence-corrected chi connectivity index (χ0v) is 14.3. The highest BCUT2D eigenvalue weighted by atomic mass is 32.2. The summed E-state index contributed by atoms with van der Waals surface area (Å²) in [7, 11) is 0. The van der Waals surface area contributed by atoms with Crippen molar-refractivity contribution in [2.24, 2.45) is 5.11 Å². The maximum Gasteiger partial charge on any atom is 0.210 e. The van der Waals surface area contributed by atoms with Crippen LogP contribution in [0.2, 0.25) is 0 Å². The van der Waals surface area contributed by atoms with E-state index in [-0.39, 0.29) is 5.69 Å². The fraction of sp³-hybridized carbons (Fsp3) is 0.500. The Hall–Kier alpha value is -2.35. The first-order valence-corrected chi connectivity index (χ1v) is 8.53. The molecule has 130 valence electrons. The molecule has 0 aliphatic carbocycles. The van der Waals surface area contributed by atoms with Crippen molar-refractivity contribution < 1.29 is 14.9 Å². The minimum Gasteiger partial charge on any atom is -0.394 e. The lowest BCUT2D eigenvalue weighted by molar-refractivity contribution is -0.0560. The molecule has 3 rings (SSSR count). The van der Waals surface area contributed by atoms with Crippen LogP contribution in [0.4, 0.5) is 0 Å². The van der Waals surface area contributed by atoms with Crippen LogP contribution in [0.5, 0.6) is 0 Å². The predicted molar refractivity (Wildman–Crippen MR) is 87.6 cm³/mol. The molecule has 10 nitrogen and oxygen atoms in total. The number of aliphatic hydroxyl groups is 2. The second-order valence-corrected chi connectivity index (χ2v) is 6.49. The largest absolute Gasteiger partial charge is 0.394 e.